The number of rotatable bonds is 14. The molecule has 0 aliphatic carbocycles. The molecule has 11 heteroatoms. The number of nitrogens with zero attached hydrogens (tertiary/aromatic N) is 2. The molecule has 1 saturated heterocycles. The molecule has 2 atom stereocenters. The Balaban J connectivity index is 1.24. The summed E-state index contributed by atoms with van der Waals surface area (Å²) in [5.74, 6) is -0.111. The number of carbonyl (C=O) groups is 3. The number of hydrogen-bond acceptors (Lipinski definition) is 7. The van der Waals surface area contributed by atoms with E-state index in [1.54, 1.807) is 11.2 Å². The zero-order valence-electron chi connectivity index (χ0n) is 24.9. The van der Waals surface area contributed by atoms with Gasteiger partial charge < -0.3 is 20.7 Å². The highest BCUT2D eigenvalue weighted by Gasteiger charge is 2.50. The summed E-state index contributed by atoms with van der Waals surface area (Å²) in [6, 6.07) is 10.7. The summed E-state index contributed by atoms with van der Waals surface area (Å²) in [5.41, 5.74) is 2.51. The van der Waals surface area contributed by atoms with Crippen LogP contribution in [0, 0.1) is 12.3 Å². The maximum atomic E-state index is 13.4. The monoisotopic (exact) mass is 597 g/mol. The molecule has 10 nitrogen and oxygen atoms in total. The van der Waals surface area contributed by atoms with Crippen LogP contribution in [0.4, 0.5) is 5.82 Å². The Bertz CT molecular complexity index is 1300. The molecule has 3 heterocycles. The lowest BCUT2D eigenvalue weighted by molar-refractivity contribution is -0.150. The van der Waals surface area contributed by atoms with Gasteiger partial charge in [-0.25, -0.2) is 18.3 Å². The third kappa shape index (κ3) is 7.95. The number of pyridine rings is 1. The molecule has 0 radical (unpaired) electrons. The number of nitrogens with one attached hydrogen (secondary N) is 3. The number of hydrogen-bond donors (Lipinski definition) is 3. The summed E-state index contributed by atoms with van der Waals surface area (Å²) in [7, 11) is -1.37. The lowest BCUT2D eigenvalue weighted by Gasteiger charge is -2.47. The van der Waals surface area contributed by atoms with Crippen LogP contribution in [0.5, 0.6) is 0 Å². The van der Waals surface area contributed by atoms with Gasteiger partial charge in [-0.1, -0.05) is 25.1 Å². The van der Waals surface area contributed by atoms with E-state index in [2.05, 4.69) is 28.1 Å². The van der Waals surface area contributed by atoms with Gasteiger partial charge >= 0.3 is 5.97 Å². The van der Waals surface area contributed by atoms with E-state index in [0.717, 1.165) is 49.3 Å². The van der Waals surface area contributed by atoms with Crippen molar-refractivity contribution in [1.29, 1.82) is 0 Å². The first-order chi connectivity index (χ1) is 20.2. The zero-order chi connectivity index (χ0) is 30.1. The van der Waals surface area contributed by atoms with Crippen molar-refractivity contribution < 1.29 is 23.3 Å². The van der Waals surface area contributed by atoms with E-state index in [9.17, 15) is 18.6 Å². The van der Waals surface area contributed by atoms with Gasteiger partial charge in [-0.2, -0.15) is 0 Å². The Morgan fingerprint density at radius 3 is 2.71 bits per heavy atom. The predicted octanol–water partition coefficient (Wildman–Crippen LogP) is 3.06. The van der Waals surface area contributed by atoms with Crippen molar-refractivity contribution in [2.75, 3.05) is 38.1 Å². The van der Waals surface area contributed by atoms with E-state index in [0.29, 0.717) is 37.2 Å². The second-order valence-electron chi connectivity index (χ2n) is 11.1. The Morgan fingerprint density at radius 2 is 1.98 bits per heavy atom. The summed E-state index contributed by atoms with van der Waals surface area (Å²) < 4.78 is 20.0. The molecule has 2 unspecified atom stereocenters. The minimum absolute atomic E-state index is 0.0554. The van der Waals surface area contributed by atoms with Crippen molar-refractivity contribution in [3.8, 4) is 0 Å². The minimum atomic E-state index is -1.37. The second-order valence-corrected chi connectivity index (χ2v) is 12.6. The first kappa shape index (κ1) is 31.6. The van der Waals surface area contributed by atoms with E-state index in [1.165, 1.54) is 5.56 Å². The Kier molecular flexibility index (Phi) is 11.1. The number of amides is 2. The topological polar surface area (TPSA) is 130 Å². The lowest BCUT2D eigenvalue weighted by Crippen LogP contribution is -2.65. The first-order valence-corrected chi connectivity index (χ1v) is 16.1. The molecule has 1 fully saturated rings. The van der Waals surface area contributed by atoms with Gasteiger partial charge in [0.1, 0.15) is 22.8 Å². The highest BCUT2D eigenvalue weighted by atomic mass is 32.2. The molecule has 228 valence electrons. The number of fused-ring (bicyclic) bond motifs is 1. The number of ether oxygens (including phenoxy) is 1. The molecule has 2 amide bonds. The number of benzene rings is 1. The summed E-state index contributed by atoms with van der Waals surface area (Å²) in [6.45, 7) is 7.22. The maximum Gasteiger partial charge on any atom is 0.330 e. The third-order valence-corrected chi connectivity index (χ3v) is 9.34. The summed E-state index contributed by atoms with van der Waals surface area (Å²) in [4.78, 5) is 44.0. The highest BCUT2D eigenvalue weighted by Crippen LogP contribution is 2.36. The van der Waals surface area contributed by atoms with E-state index >= 15 is 0 Å². The van der Waals surface area contributed by atoms with Gasteiger partial charge in [0, 0.05) is 38.3 Å². The van der Waals surface area contributed by atoms with Crippen LogP contribution >= 0.6 is 0 Å². The van der Waals surface area contributed by atoms with Crippen LogP contribution in [-0.2, 0) is 42.9 Å². The van der Waals surface area contributed by atoms with Crippen molar-refractivity contribution in [2.24, 2.45) is 5.41 Å². The standard InChI is InChI=1S/C31H43N5O5S/c1-4-31(20-36(21-31)42(40)25-13-8-10-22(3)18-25)30(39)35-26(29(38)41-5-2)19-33-27(37)14-7-6-12-24-16-15-23-11-9-17-32-28(23)34-24/h8,10,13,15-16,18,26H,4-7,9,11-12,14,17,19-21H2,1-3H3,(H,32,34)(H,33,37)(H,35,39). The van der Waals surface area contributed by atoms with E-state index < -0.39 is 28.4 Å². The Labute approximate surface area is 251 Å². The number of carbonyl (C=O) groups excluding carboxylic acids is 3. The van der Waals surface area contributed by atoms with Crippen molar-refractivity contribution in [3.05, 3.63) is 53.2 Å². The zero-order valence-corrected chi connectivity index (χ0v) is 25.7. The van der Waals surface area contributed by atoms with Crippen molar-refractivity contribution >= 4 is 34.6 Å². The van der Waals surface area contributed by atoms with Crippen LogP contribution in [0.25, 0.3) is 0 Å². The normalized spacial score (nSPS) is 17.1. The van der Waals surface area contributed by atoms with Gasteiger partial charge in [-0.3, -0.25) is 9.59 Å². The smallest absolute Gasteiger partial charge is 0.330 e. The second kappa shape index (κ2) is 14.7. The predicted molar refractivity (Wildman–Crippen MR) is 162 cm³/mol. The van der Waals surface area contributed by atoms with Crippen LogP contribution in [0.1, 0.15) is 62.8 Å². The molecule has 2 aromatic rings. The first-order valence-electron chi connectivity index (χ1n) is 14.9. The summed E-state index contributed by atoms with van der Waals surface area (Å²) in [6.07, 6.45) is 5.30. The fraction of sp³-hybridized carbons (Fsp3) is 0.548. The van der Waals surface area contributed by atoms with Crippen LogP contribution in [0.2, 0.25) is 0 Å². The van der Waals surface area contributed by atoms with Gasteiger partial charge in [0.2, 0.25) is 11.8 Å². The van der Waals surface area contributed by atoms with Gasteiger partial charge in [-0.15, -0.1) is 0 Å². The molecule has 2 aliphatic rings. The molecule has 42 heavy (non-hydrogen) atoms. The average Bonchev–Trinajstić information content (AvgIpc) is 2.97. The number of esters is 1. The summed E-state index contributed by atoms with van der Waals surface area (Å²) in [5, 5.41) is 8.94. The molecule has 4 rings (SSSR count). The molecule has 3 N–H and O–H groups in total. The van der Waals surface area contributed by atoms with Gasteiger partial charge in [-0.05, 0) is 81.7 Å². The lowest BCUT2D eigenvalue weighted by atomic mass is 9.78. The molecule has 2 aliphatic heterocycles. The molecular formula is C31H43N5O5S. The fourth-order valence-electron chi connectivity index (χ4n) is 5.30. The average molecular weight is 598 g/mol. The van der Waals surface area contributed by atoms with Crippen molar-refractivity contribution in [3.63, 3.8) is 0 Å². The van der Waals surface area contributed by atoms with E-state index in [-0.39, 0.29) is 25.0 Å². The van der Waals surface area contributed by atoms with Gasteiger partial charge in [0.15, 0.2) is 0 Å². The third-order valence-electron chi connectivity index (χ3n) is 7.96. The van der Waals surface area contributed by atoms with Crippen LogP contribution in [0.15, 0.2) is 41.3 Å². The number of anilines is 1. The molecule has 0 spiro atoms. The van der Waals surface area contributed by atoms with Gasteiger partial charge in [0.25, 0.3) is 0 Å². The van der Waals surface area contributed by atoms with Crippen molar-refractivity contribution in [2.45, 2.75) is 76.7 Å². The Hall–Kier alpha value is -3.31. The molecule has 1 aromatic carbocycles. The van der Waals surface area contributed by atoms with Crippen LogP contribution in [0.3, 0.4) is 0 Å². The summed E-state index contributed by atoms with van der Waals surface area (Å²) >= 11 is 0. The van der Waals surface area contributed by atoms with E-state index in [4.69, 9.17) is 9.72 Å². The number of aromatic nitrogens is 1. The minimum Gasteiger partial charge on any atom is -0.464 e. The fourth-order valence-corrected chi connectivity index (χ4v) is 6.81. The molecule has 0 bridgehead atoms. The SMILES string of the molecule is CCOC(=O)C(CNC(=O)CCCCc1ccc2c(n1)NCCC2)NC(=O)C1(CC)CN(S(=O)c2cccc(C)c2)C1. The largest absolute Gasteiger partial charge is 0.464 e. The van der Waals surface area contributed by atoms with Crippen LogP contribution in [-0.4, -0.2) is 70.1 Å². The van der Waals surface area contributed by atoms with Crippen LogP contribution < -0.4 is 16.0 Å². The maximum absolute atomic E-state index is 13.4. The number of unbranched alkanes of at least 4 members (excludes halogenated alkanes) is 1. The van der Waals surface area contributed by atoms with E-state index in [1.807, 2.05) is 38.1 Å². The van der Waals surface area contributed by atoms with Crippen molar-refractivity contribution in [1.82, 2.24) is 19.9 Å². The number of aryl methyl sites for hydroxylation is 3. The Morgan fingerprint density at radius 1 is 1.17 bits per heavy atom. The molecule has 1 aromatic heterocycles. The highest BCUT2D eigenvalue weighted by molar-refractivity contribution is 7.82. The van der Waals surface area contributed by atoms with Gasteiger partial charge in [0.05, 0.1) is 16.9 Å². The molecule has 0 saturated carbocycles. The quantitative estimate of drug-likeness (QED) is 0.226. The molecular weight excluding hydrogens is 554 g/mol.